The number of carboxylic acid groups (broad SMARTS) is 1. The van der Waals surface area contributed by atoms with E-state index in [1.165, 1.54) is 16.0 Å². The van der Waals surface area contributed by atoms with Gasteiger partial charge in [0.15, 0.2) is 0 Å². The molecule has 0 N–H and O–H groups in total. The van der Waals surface area contributed by atoms with Crippen LogP contribution in [0.25, 0.3) is 0 Å². The Morgan fingerprint density at radius 2 is 1.74 bits per heavy atom. The fraction of sp³-hybridized carbons (Fsp3) is 0.455. The Morgan fingerprint density at radius 3 is 2.15 bits per heavy atom. The van der Waals surface area contributed by atoms with Gasteiger partial charge in [-0.25, -0.2) is 0 Å². The number of carbonyl (C=O) groups is 2. The van der Waals surface area contributed by atoms with E-state index in [9.17, 15) is 14.7 Å². The number of amides is 1. The van der Waals surface area contributed by atoms with Gasteiger partial charge >= 0.3 is 29.6 Å². The molecule has 5 heteroatoms. The molecule has 1 aromatic rings. The van der Waals surface area contributed by atoms with Crippen molar-refractivity contribution in [1.82, 2.24) is 4.90 Å². The number of carboxylic acids is 1. The van der Waals surface area contributed by atoms with Gasteiger partial charge in [-0.15, -0.1) is 0 Å². The first-order valence-corrected chi connectivity index (χ1v) is 9.32. The third-order valence-corrected chi connectivity index (χ3v) is 5.37. The number of nitrogens with zero attached hydrogens (tertiary/aromatic N) is 1. The molecule has 27 heavy (non-hydrogen) atoms. The maximum absolute atomic E-state index is 11.9. The number of carbonyl (C=O) groups excluding carboxylic acids is 2. The Hall–Kier alpha value is -1.36. The molecule has 0 radical (unpaired) electrons. The molecule has 0 spiro atoms. The van der Waals surface area contributed by atoms with Gasteiger partial charge in [0.2, 0.25) is 5.91 Å². The predicted molar refractivity (Wildman–Crippen MR) is 101 cm³/mol. The molecule has 1 fully saturated rings. The van der Waals surface area contributed by atoms with Gasteiger partial charge in [0.1, 0.15) is 0 Å². The zero-order chi connectivity index (χ0) is 19.4. The van der Waals surface area contributed by atoms with E-state index in [2.05, 4.69) is 38.1 Å². The van der Waals surface area contributed by atoms with E-state index < -0.39 is 5.97 Å². The maximum Gasteiger partial charge on any atom is 1.00 e. The summed E-state index contributed by atoms with van der Waals surface area (Å²) < 4.78 is 0. The summed E-state index contributed by atoms with van der Waals surface area (Å²) >= 11 is 0. The molecule has 1 amide bonds. The molecule has 2 aliphatic rings. The second kappa shape index (κ2) is 10.3. The van der Waals surface area contributed by atoms with E-state index in [1.807, 2.05) is 32.9 Å². The summed E-state index contributed by atoms with van der Waals surface area (Å²) in [4.78, 5) is 24.6. The Kier molecular flexibility index (Phi) is 9.00. The molecule has 3 atom stereocenters. The summed E-state index contributed by atoms with van der Waals surface area (Å²) in [6, 6.07) is 8.36. The number of hydrogen-bond acceptors (Lipinski definition) is 3. The van der Waals surface area contributed by atoms with Crippen LogP contribution in [0, 0.1) is 25.7 Å². The minimum Gasteiger partial charge on any atom is -0.543 e. The third-order valence-electron chi connectivity index (χ3n) is 5.37. The predicted octanol–water partition coefficient (Wildman–Crippen LogP) is 0.151. The molecule has 0 aliphatic carbocycles. The van der Waals surface area contributed by atoms with Crippen LogP contribution in [0.15, 0.2) is 47.7 Å². The summed E-state index contributed by atoms with van der Waals surface area (Å²) in [6.45, 7) is 10.2. The van der Waals surface area contributed by atoms with Crippen molar-refractivity contribution in [2.45, 2.75) is 53.5 Å². The number of allylic oxidation sites excluding steroid dienone is 2. The third kappa shape index (κ3) is 4.74. The maximum atomic E-state index is 11.9. The molecule has 2 unspecified atom stereocenters. The van der Waals surface area contributed by atoms with Crippen LogP contribution in [0.2, 0.25) is 0 Å². The van der Waals surface area contributed by atoms with Crippen molar-refractivity contribution in [3.63, 3.8) is 0 Å². The van der Waals surface area contributed by atoms with Crippen LogP contribution >= 0.6 is 0 Å². The van der Waals surface area contributed by atoms with Crippen LogP contribution < -0.4 is 34.7 Å². The number of rotatable bonds is 4. The molecule has 2 heterocycles. The van der Waals surface area contributed by atoms with Crippen molar-refractivity contribution in [2.24, 2.45) is 11.8 Å². The van der Waals surface area contributed by atoms with Crippen molar-refractivity contribution in [2.75, 3.05) is 0 Å². The normalized spacial score (nSPS) is 23.4. The minimum absolute atomic E-state index is 0. The quantitative estimate of drug-likeness (QED) is 0.554. The number of aliphatic carboxylic acids is 1. The van der Waals surface area contributed by atoms with Crippen LogP contribution in [0.4, 0.5) is 0 Å². The zero-order valence-corrected chi connectivity index (χ0v) is 19.3. The fourth-order valence-corrected chi connectivity index (χ4v) is 3.71. The Morgan fingerprint density at radius 1 is 1.19 bits per heavy atom. The molecule has 1 saturated heterocycles. The Balaban J connectivity index is 0.000000342. The van der Waals surface area contributed by atoms with E-state index in [4.69, 9.17) is 0 Å². The van der Waals surface area contributed by atoms with E-state index >= 15 is 0 Å². The van der Waals surface area contributed by atoms with Crippen molar-refractivity contribution in [1.29, 1.82) is 0 Å². The molecule has 0 saturated carbocycles. The zero-order valence-electron chi connectivity index (χ0n) is 17.3. The van der Waals surface area contributed by atoms with E-state index in [0.717, 1.165) is 18.4 Å². The van der Waals surface area contributed by atoms with Crippen molar-refractivity contribution in [3.8, 4) is 0 Å². The largest absolute Gasteiger partial charge is 1.00 e. The van der Waals surface area contributed by atoms with Gasteiger partial charge in [-0.05, 0) is 43.4 Å². The first-order valence-electron chi connectivity index (χ1n) is 9.32. The number of benzene rings is 1. The van der Waals surface area contributed by atoms with Gasteiger partial charge in [-0.1, -0.05) is 57.2 Å². The molecule has 0 aromatic heterocycles. The molecule has 3 rings (SSSR count). The first-order chi connectivity index (χ1) is 12.3. The average molecular weight is 377 g/mol. The number of β-lactam (4-membered cyclic amide) rings is 1. The number of aryl methyl sites for hydroxylation is 2. The molecule has 4 nitrogen and oxygen atoms in total. The second-order valence-corrected chi connectivity index (χ2v) is 6.99. The monoisotopic (exact) mass is 377 g/mol. The average Bonchev–Trinajstić information content (AvgIpc) is 2.86. The number of fused-ring (bicyclic) bond motifs is 1. The van der Waals surface area contributed by atoms with Crippen LogP contribution in [0.5, 0.6) is 0 Å². The SMILES string of the molecule is CC/C=C/C1=C(C(=O)[O-])N2C(=O)C(CC)[C@H]2C1C.Cc1ccccc1C.[Na+]. The van der Waals surface area contributed by atoms with Gasteiger partial charge in [0, 0.05) is 5.92 Å². The Bertz CT molecular complexity index is 733. The molecule has 0 bridgehead atoms. The first kappa shape index (κ1) is 23.7. The summed E-state index contributed by atoms with van der Waals surface area (Å²) in [6.07, 6.45) is 5.35. The van der Waals surface area contributed by atoms with Crippen LogP contribution in [0.1, 0.15) is 44.7 Å². The van der Waals surface area contributed by atoms with E-state index in [0.29, 0.717) is 0 Å². The topological polar surface area (TPSA) is 60.4 Å². The summed E-state index contributed by atoms with van der Waals surface area (Å²) in [7, 11) is 0. The fourth-order valence-electron chi connectivity index (χ4n) is 3.71. The van der Waals surface area contributed by atoms with Gasteiger partial charge in [0.05, 0.1) is 23.6 Å². The van der Waals surface area contributed by atoms with Gasteiger partial charge in [0.25, 0.3) is 0 Å². The molecule has 1 aromatic carbocycles. The van der Waals surface area contributed by atoms with Crippen LogP contribution in [-0.4, -0.2) is 22.8 Å². The molecular formula is C22H28NNaO3. The second-order valence-electron chi connectivity index (χ2n) is 6.99. The summed E-state index contributed by atoms with van der Waals surface area (Å²) in [5.41, 5.74) is 3.54. The van der Waals surface area contributed by atoms with Gasteiger partial charge < -0.3 is 14.8 Å². The Labute approximate surface area is 184 Å². The van der Waals surface area contributed by atoms with Gasteiger partial charge in [-0.2, -0.15) is 0 Å². The summed E-state index contributed by atoms with van der Waals surface area (Å²) in [5, 5.41) is 11.3. The molecular weight excluding hydrogens is 349 g/mol. The van der Waals surface area contributed by atoms with Crippen molar-refractivity contribution < 1.29 is 44.3 Å². The van der Waals surface area contributed by atoms with Gasteiger partial charge in [-0.3, -0.25) is 4.79 Å². The van der Waals surface area contributed by atoms with Crippen molar-refractivity contribution in [3.05, 3.63) is 58.8 Å². The molecule has 2 aliphatic heterocycles. The van der Waals surface area contributed by atoms with E-state index in [-0.39, 0.29) is 59.0 Å². The van der Waals surface area contributed by atoms with E-state index in [1.54, 1.807) is 0 Å². The van der Waals surface area contributed by atoms with Crippen molar-refractivity contribution >= 4 is 11.9 Å². The van der Waals surface area contributed by atoms with Crippen LogP contribution in [0.3, 0.4) is 0 Å². The van der Waals surface area contributed by atoms with Crippen LogP contribution in [-0.2, 0) is 9.59 Å². The standard InChI is InChI=1S/C14H19NO3.C8H10.Na/c1-4-6-7-10-8(3)11-9(5-2)13(16)15(11)12(10)14(17)18;1-7-5-3-4-6-8(7)2;/h6-9,11H,4-5H2,1-3H3,(H,17,18);3-6H,1-2H3;/q;;+1/p-1/b7-6+;;/t8?,9?,11-;;/m1../s1. The minimum atomic E-state index is -1.25. The smallest absolute Gasteiger partial charge is 0.543 e. The summed E-state index contributed by atoms with van der Waals surface area (Å²) in [5.74, 6) is -1.29. The molecule has 140 valence electrons. The number of hydrogen-bond donors (Lipinski definition) is 0.